The van der Waals surface area contributed by atoms with Gasteiger partial charge in [-0.1, -0.05) is 57.5 Å². The van der Waals surface area contributed by atoms with Crippen LogP contribution in [0.15, 0.2) is 37.2 Å². The van der Waals surface area contributed by atoms with Gasteiger partial charge in [0.2, 0.25) is 5.91 Å². The van der Waals surface area contributed by atoms with Crippen LogP contribution in [0.5, 0.6) is 0 Å². The Morgan fingerprint density at radius 3 is 1.77 bits per heavy atom. The zero-order chi connectivity index (χ0) is 37.6. The summed E-state index contributed by atoms with van der Waals surface area (Å²) < 4.78 is 0. The minimum Gasteiger partial charge on any atom is -0.338 e. The number of amides is 1. The molecule has 0 radical (unpaired) electrons. The predicted octanol–water partition coefficient (Wildman–Crippen LogP) is 10.1. The number of rotatable bonds is 12. The summed E-state index contributed by atoms with van der Waals surface area (Å²) >= 11 is 0. The molecule has 2 aliphatic heterocycles. The number of hydrogen-bond acceptors (Lipinski definition) is 5. The van der Waals surface area contributed by atoms with Crippen molar-refractivity contribution in [1.29, 1.82) is 0 Å². The van der Waals surface area contributed by atoms with Gasteiger partial charge in [-0.2, -0.15) is 0 Å². The molecule has 52 heavy (non-hydrogen) atoms. The fourth-order valence-electron chi connectivity index (χ4n) is 6.68. The molecule has 5 heterocycles. The van der Waals surface area contributed by atoms with E-state index >= 15 is 0 Å². The Morgan fingerprint density at radius 2 is 1.21 bits per heavy atom. The predicted molar refractivity (Wildman–Crippen MR) is 265 cm³/mol. The molecule has 3 aliphatic rings. The van der Waals surface area contributed by atoms with E-state index in [0.717, 1.165) is 67.8 Å². The van der Waals surface area contributed by atoms with Gasteiger partial charge in [-0.25, -0.2) is 0 Å². The second-order valence-electron chi connectivity index (χ2n) is 13.5. The maximum absolute atomic E-state index is 12.1. The number of fused-ring (bicyclic) bond motifs is 3. The highest BCUT2D eigenvalue weighted by Crippen LogP contribution is 2.66. The lowest BCUT2D eigenvalue weighted by molar-refractivity contribution is -0.132. The third-order valence-electron chi connectivity index (χ3n) is 9.76. The van der Waals surface area contributed by atoms with Crippen molar-refractivity contribution >= 4 is 121 Å². The molecule has 6 nitrogen and oxygen atoms in total. The van der Waals surface area contributed by atoms with Crippen molar-refractivity contribution in [2.75, 3.05) is 19.6 Å². The Bertz CT molecular complexity index is 1590. The maximum Gasteiger partial charge on any atom is 0.227 e. The number of pyridine rings is 3. The molecule has 1 aliphatic carbocycles. The van der Waals surface area contributed by atoms with Crippen LogP contribution in [-0.2, 0) is 43.6 Å². The summed E-state index contributed by atoms with van der Waals surface area (Å²) in [6.07, 6.45) is 22.5. The third-order valence-corrected chi connectivity index (χ3v) is 40.1. The molecule has 13 atom stereocenters. The van der Waals surface area contributed by atoms with E-state index in [-0.39, 0.29) is 27.8 Å². The highest BCUT2D eigenvalue weighted by atomic mass is 32.6. The van der Waals surface area contributed by atoms with E-state index < -0.39 is 0 Å². The molecule has 0 fully saturated rings. The van der Waals surface area contributed by atoms with Gasteiger partial charge in [0.15, 0.2) is 0 Å². The van der Waals surface area contributed by atoms with E-state index in [2.05, 4.69) is 119 Å². The molecule has 13 unspecified atom stereocenters. The first kappa shape index (κ1) is 46.7. The van der Waals surface area contributed by atoms with Gasteiger partial charge < -0.3 is 4.90 Å². The van der Waals surface area contributed by atoms with E-state index in [1.54, 1.807) is 11.1 Å². The largest absolute Gasteiger partial charge is 0.338 e. The first-order chi connectivity index (χ1) is 25.1. The number of carbonyl (C=O) groups is 1. The molecule has 6 rings (SSSR count). The van der Waals surface area contributed by atoms with E-state index in [4.69, 9.17) is 0 Å². The molecule has 0 spiro atoms. The van der Waals surface area contributed by atoms with Gasteiger partial charge >= 0.3 is 0 Å². The van der Waals surface area contributed by atoms with Crippen LogP contribution in [0.25, 0.3) is 0 Å². The van der Waals surface area contributed by atoms with Crippen molar-refractivity contribution < 1.29 is 4.79 Å². The monoisotopic (exact) mass is 925 g/mol. The van der Waals surface area contributed by atoms with Crippen molar-refractivity contribution in [3.05, 3.63) is 70.6 Å². The summed E-state index contributed by atoms with van der Waals surface area (Å²) in [6, 6.07) is 0. The van der Waals surface area contributed by atoms with Crippen LogP contribution in [0.2, 0.25) is 0 Å². The molecular formula is C34H59N5OP12. The summed E-state index contributed by atoms with van der Waals surface area (Å²) in [5, 5.41) is 4.37. The Kier molecular flexibility index (Phi) is 22.3. The van der Waals surface area contributed by atoms with Crippen LogP contribution in [0.1, 0.15) is 86.3 Å². The highest BCUT2D eigenvalue weighted by molar-refractivity contribution is 8.64. The number of nitrogens with zero attached hydrogens (tertiary/aromatic N) is 5. The van der Waals surface area contributed by atoms with Crippen molar-refractivity contribution in [1.82, 2.24) is 24.8 Å². The molecule has 0 N–H and O–H groups in total. The Balaban J connectivity index is 0.000000176. The van der Waals surface area contributed by atoms with Crippen LogP contribution in [-0.4, -0.2) is 50.3 Å². The van der Waals surface area contributed by atoms with Gasteiger partial charge in [0, 0.05) is 79.3 Å². The average molecular weight is 926 g/mol. The topological polar surface area (TPSA) is 62.2 Å². The Hall–Kier alpha value is 2.04. The van der Waals surface area contributed by atoms with E-state index in [0.29, 0.717) is 6.42 Å². The van der Waals surface area contributed by atoms with Crippen LogP contribution < -0.4 is 15.9 Å². The van der Waals surface area contributed by atoms with E-state index in [1.807, 2.05) is 17.3 Å². The fraction of sp³-hybridized carbons (Fsp3) is 0.529. The number of unbranched alkanes of at least 4 members (excludes halogenated alkanes) is 2. The third kappa shape index (κ3) is 13.5. The lowest BCUT2D eigenvalue weighted by Gasteiger charge is -2.30. The smallest absolute Gasteiger partial charge is 0.227 e. The van der Waals surface area contributed by atoms with Gasteiger partial charge in [0.05, 0.1) is 6.42 Å². The lowest BCUT2D eigenvalue weighted by Crippen LogP contribution is -2.38. The lowest BCUT2D eigenvalue weighted by atomic mass is 9.86. The van der Waals surface area contributed by atoms with Crippen LogP contribution in [0, 0.1) is 5.92 Å². The summed E-state index contributed by atoms with van der Waals surface area (Å²) in [5.74, 6) is 1.10. The molecule has 18 heteroatoms. The molecule has 0 saturated heterocycles. The minimum atomic E-state index is -0.227. The molecule has 286 valence electrons. The Labute approximate surface area is 336 Å². The van der Waals surface area contributed by atoms with Crippen LogP contribution in [0.4, 0.5) is 0 Å². The number of carbonyl (C=O) groups excluding carboxylic acids is 1. The molecule has 1 amide bonds. The van der Waals surface area contributed by atoms with Gasteiger partial charge in [0.1, 0.15) is 0 Å². The minimum absolute atomic E-state index is 0.0623. The van der Waals surface area contributed by atoms with Crippen molar-refractivity contribution in [3.63, 3.8) is 0 Å². The number of aryl methyl sites for hydroxylation is 1. The average Bonchev–Trinajstić information content (AvgIpc) is 3.18. The summed E-state index contributed by atoms with van der Waals surface area (Å²) in [5.41, 5.74) is 8.65. The second-order valence-corrected chi connectivity index (χ2v) is 40.8. The first-order valence-electron chi connectivity index (χ1n) is 18.1. The van der Waals surface area contributed by atoms with Crippen LogP contribution in [0.3, 0.4) is 0 Å². The normalized spacial score (nSPS) is 19.1. The quantitative estimate of drug-likeness (QED) is 0.169. The van der Waals surface area contributed by atoms with Crippen molar-refractivity contribution in [2.45, 2.75) is 91.6 Å². The Morgan fingerprint density at radius 1 is 0.712 bits per heavy atom. The molecule has 0 saturated carbocycles. The number of hydrogen-bond donors (Lipinski definition) is 0. The van der Waals surface area contributed by atoms with E-state index in [1.165, 1.54) is 84.2 Å². The van der Waals surface area contributed by atoms with E-state index in [9.17, 15) is 4.79 Å². The van der Waals surface area contributed by atoms with Crippen molar-refractivity contribution in [2.24, 2.45) is 5.92 Å². The summed E-state index contributed by atoms with van der Waals surface area (Å²) in [4.78, 5) is 29.9. The zero-order valence-electron chi connectivity index (χ0n) is 30.9. The maximum atomic E-state index is 12.1. The molecule has 3 aromatic heterocycles. The van der Waals surface area contributed by atoms with Gasteiger partial charge in [-0.15, -0.1) is 53.6 Å². The molecule has 3 aromatic rings. The molecule has 0 bridgehead atoms. The molecular weight excluding hydrogens is 866 g/mol. The van der Waals surface area contributed by atoms with Gasteiger partial charge in [-0.3, -0.25) is 24.6 Å². The van der Waals surface area contributed by atoms with Crippen LogP contribution >= 0.6 is 99.3 Å². The van der Waals surface area contributed by atoms with Crippen molar-refractivity contribution in [3.8, 4) is 0 Å². The zero-order valence-corrected chi connectivity index (χ0v) is 43.5. The summed E-state index contributed by atoms with van der Waals surface area (Å²) in [7, 11) is 19.8. The second kappa shape index (κ2) is 24.8. The van der Waals surface area contributed by atoms with Gasteiger partial charge in [0.25, 0.3) is 0 Å². The van der Waals surface area contributed by atoms with Gasteiger partial charge in [-0.05, 0) is 106 Å². The fourth-order valence-corrected chi connectivity index (χ4v) is 18.0. The first-order valence-corrected chi connectivity index (χ1v) is 37.9. The number of aromatic nitrogens is 3. The SMILES string of the molecule is CC1CCc2cncc(P(P)PP)c2C1.CCCCN1CCc2cncc(P(P)PP)c2C1.CCCCN1Cc2c(cncc2P(P)PP)CC1=O. The molecule has 0 aromatic carbocycles. The highest BCUT2D eigenvalue weighted by Gasteiger charge is 2.26. The summed E-state index contributed by atoms with van der Waals surface area (Å²) in [6.45, 7) is 12.0. The standard InChI is InChI=1S/C12H20N2OP4.C12H22N2P4.C10H17NP4/c1-2-3-4-14-8-10-9(5-12(14)15)6-13-7-11(10)19(17)18-16;1-2-3-5-14-6-4-10-7-13-8-12(11(10)9-14)18(16)17-15;1-7-2-3-8-5-11-6-10(9(8)4-7)15(13)14-12/h6-7,18H,2-5,8,16-17H2,1H3;7-8,17H,2-6,9,15-16H2,1H3;5-7,14H,2-4,12-13H2,1H3.